The van der Waals surface area contributed by atoms with E-state index in [1.54, 1.807) is 4.90 Å². The van der Waals surface area contributed by atoms with E-state index in [1.165, 1.54) is 0 Å². The van der Waals surface area contributed by atoms with E-state index in [9.17, 15) is 29.5 Å². The maximum Gasteiger partial charge on any atom is 0.469 e. The van der Waals surface area contributed by atoms with Gasteiger partial charge in [0, 0.05) is 6.04 Å². The van der Waals surface area contributed by atoms with Gasteiger partial charge in [-0.1, -0.05) is 44.2 Å². The van der Waals surface area contributed by atoms with Crippen LogP contribution in [0.5, 0.6) is 0 Å². The van der Waals surface area contributed by atoms with Crippen LogP contribution in [0.15, 0.2) is 46.0 Å². The number of benzene rings is 2. The minimum Gasteiger partial charge on any atom is -0.388 e. The lowest BCUT2D eigenvalue weighted by Gasteiger charge is -2.51. The summed E-state index contributed by atoms with van der Waals surface area (Å²) in [6.45, 7) is 7.00. The summed E-state index contributed by atoms with van der Waals surface area (Å²) in [4.78, 5) is 52.8. The van der Waals surface area contributed by atoms with Crippen LogP contribution in [-0.4, -0.2) is 72.6 Å². The van der Waals surface area contributed by atoms with Crippen LogP contribution in [0.1, 0.15) is 48.9 Å². The topological polar surface area (TPSA) is 200 Å². The Morgan fingerprint density at radius 3 is 2.39 bits per heavy atom. The van der Waals surface area contributed by atoms with Gasteiger partial charge in [0.05, 0.1) is 24.5 Å². The van der Waals surface area contributed by atoms with Crippen molar-refractivity contribution in [3.8, 4) is 0 Å². The molecule has 0 bridgehead atoms. The number of aliphatic hydroxyl groups is 3. The number of H-pyrrole nitrogens is 2. The van der Waals surface area contributed by atoms with E-state index in [0.717, 1.165) is 40.8 Å². The number of nitrogens with one attached hydrogen (secondary N) is 2. The highest BCUT2D eigenvalue weighted by molar-refractivity contribution is 7.46. The molecule has 2 aliphatic rings. The third-order valence-electron chi connectivity index (χ3n) is 8.71. The van der Waals surface area contributed by atoms with Gasteiger partial charge >= 0.3 is 13.5 Å². The van der Waals surface area contributed by atoms with Gasteiger partial charge in [0.25, 0.3) is 5.56 Å². The van der Waals surface area contributed by atoms with Crippen LogP contribution in [0.2, 0.25) is 0 Å². The predicted molar refractivity (Wildman–Crippen MR) is 165 cm³/mol. The predicted octanol–water partition coefficient (Wildman–Crippen LogP) is 2.14. The van der Waals surface area contributed by atoms with E-state index < -0.39 is 44.0 Å². The number of aryl methyl sites for hydroxylation is 2. The maximum atomic E-state index is 13.6. The molecule has 0 saturated carbocycles. The fraction of sp³-hybridized carbons (Fsp3) is 0.467. The average molecular weight is 631 g/mol. The highest BCUT2D eigenvalue weighted by atomic mass is 31.2. The molecule has 7 N–H and O–H groups in total. The first-order chi connectivity index (χ1) is 20.6. The molecule has 3 aromatic rings. The van der Waals surface area contributed by atoms with Crippen molar-refractivity contribution in [1.82, 2.24) is 9.97 Å². The van der Waals surface area contributed by atoms with Crippen LogP contribution >= 0.6 is 7.82 Å². The Morgan fingerprint density at radius 2 is 1.73 bits per heavy atom. The molecular formula is C30H39N4O9P. The Hall–Kier alpha value is -3.29. The zero-order chi connectivity index (χ0) is 32.1. The third-order valence-corrected chi connectivity index (χ3v) is 9.19. The highest BCUT2D eigenvalue weighted by Gasteiger charge is 2.46. The molecule has 44 heavy (non-hydrogen) atoms. The largest absolute Gasteiger partial charge is 0.469 e. The lowest BCUT2D eigenvalue weighted by atomic mass is 9.70. The standard InChI is InChI=1S/C30H39N4O9P/c1-16-12-20-24-23(17(16)2)30(3,4)13-19(11-10-18-8-6-5-7-9-18)34(24)25-27(31-29(39)32-28(25)38)33(20)14-21(35)26(37)22(36)15-43-44(40,41)42/h5-9,12,19,21-22,26,35-37H,10-11,13-15H2,1-4H3,(H2,40,41,42)(H2,31,32,38,39)/t19-,21+,22-,26+/m1/s1. The average Bonchev–Trinajstić information content (AvgIpc) is 2.94. The number of phosphoric acid groups is 1. The van der Waals surface area contributed by atoms with Gasteiger partial charge in [0.15, 0.2) is 0 Å². The molecule has 3 heterocycles. The van der Waals surface area contributed by atoms with Crippen LogP contribution in [0.4, 0.5) is 22.9 Å². The van der Waals surface area contributed by atoms with E-state index >= 15 is 0 Å². The number of aliphatic hydroxyl groups excluding tert-OH is 3. The Bertz CT molecular complexity index is 1700. The number of phosphoric ester groups is 1. The summed E-state index contributed by atoms with van der Waals surface area (Å²) >= 11 is 0. The second-order valence-corrected chi connectivity index (χ2v) is 13.6. The first kappa shape index (κ1) is 32.1. The van der Waals surface area contributed by atoms with E-state index in [2.05, 4.69) is 40.5 Å². The van der Waals surface area contributed by atoms with Crippen molar-refractivity contribution >= 4 is 30.7 Å². The zero-order valence-electron chi connectivity index (χ0n) is 25.0. The van der Waals surface area contributed by atoms with Crippen LogP contribution in [-0.2, 0) is 20.9 Å². The molecule has 0 amide bonds. The number of fused-ring (bicyclic) bond motifs is 2. The van der Waals surface area contributed by atoms with E-state index in [-0.39, 0.29) is 29.5 Å². The number of aromatic nitrogens is 2. The minimum absolute atomic E-state index is 0.122. The maximum absolute atomic E-state index is 13.6. The molecule has 0 aliphatic carbocycles. The number of rotatable bonds is 10. The van der Waals surface area contributed by atoms with Gasteiger partial charge in [0.2, 0.25) is 0 Å². The lowest BCUT2D eigenvalue weighted by Crippen LogP contribution is -2.51. The summed E-state index contributed by atoms with van der Waals surface area (Å²) < 4.78 is 15.4. The molecule has 2 aromatic carbocycles. The molecule has 1 aromatic heterocycles. The minimum atomic E-state index is -4.93. The fourth-order valence-electron chi connectivity index (χ4n) is 6.65. The number of β-amino-alcohol motifs (C(OH)–C–C–N with tert-alkyl or cyclic N) is 1. The molecular weight excluding hydrogens is 591 g/mol. The van der Waals surface area contributed by atoms with Crippen LogP contribution in [0.25, 0.3) is 0 Å². The molecule has 238 valence electrons. The summed E-state index contributed by atoms with van der Waals surface area (Å²) in [5.74, 6) is 0.122. The normalized spacial score (nSPS) is 19.2. The molecule has 0 radical (unpaired) electrons. The van der Waals surface area contributed by atoms with Crippen molar-refractivity contribution in [1.29, 1.82) is 0 Å². The molecule has 14 heteroatoms. The molecule has 4 atom stereocenters. The van der Waals surface area contributed by atoms with Crippen molar-refractivity contribution in [3.63, 3.8) is 0 Å². The van der Waals surface area contributed by atoms with Gasteiger partial charge in [-0.15, -0.1) is 0 Å². The second kappa shape index (κ2) is 11.9. The van der Waals surface area contributed by atoms with Gasteiger partial charge in [-0.3, -0.25) is 19.3 Å². The first-order valence-electron chi connectivity index (χ1n) is 14.5. The summed E-state index contributed by atoms with van der Waals surface area (Å²) in [6, 6.07) is 11.8. The monoisotopic (exact) mass is 630 g/mol. The van der Waals surface area contributed by atoms with Gasteiger partial charge in [-0.05, 0) is 66.8 Å². The number of aromatic amines is 2. The Morgan fingerprint density at radius 1 is 1.05 bits per heavy atom. The van der Waals surface area contributed by atoms with Gasteiger partial charge < -0.3 is 34.9 Å². The molecule has 0 fully saturated rings. The number of nitrogens with zero attached hydrogens (tertiary/aromatic N) is 2. The molecule has 0 saturated heterocycles. The van der Waals surface area contributed by atoms with Gasteiger partial charge in [-0.25, -0.2) is 9.36 Å². The first-order valence-corrected chi connectivity index (χ1v) is 16.0. The van der Waals surface area contributed by atoms with Gasteiger partial charge in [-0.2, -0.15) is 0 Å². The number of anilines is 4. The molecule has 5 rings (SSSR count). The molecule has 0 spiro atoms. The summed E-state index contributed by atoms with van der Waals surface area (Å²) in [7, 11) is -4.93. The van der Waals surface area contributed by atoms with Gasteiger partial charge in [0.1, 0.15) is 29.8 Å². The Balaban J connectivity index is 1.62. The van der Waals surface area contributed by atoms with Crippen molar-refractivity contribution in [2.24, 2.45) is 0 Å². The van der Waals surface area contributed by atoms with Crippen LogP contribution in [0, 0.1) is 13.8 Å². The van der Waals surface area contributed by atoms with Crippen LogP contribution < -0.4 is 21.0 Å². The number of hydrogen-bond donors (Lipinski definition) is 7. The molecule has 0 unspecified atom stereocenters. The fourth-order valence-corrected chi connectivity index (χ4v) is 7.00. The Kier molecular flexibility index (Phi) is 8.69. The van der Waals surface area contributed by atoms with E-state index in [4.69, 9.17) is 9.79 Å². The third kappa shape index (κ3) is 6.14. The zero-order valence-corrected chi connectivity index (χ0v) is 25.9. The SMILES string of the molecule is Cc1cc2c3c(c1C)C(C)(C)C[C@@H](CCc1ccccc1)N3c1c([nH]c(=O)[nH]c1=O)N2C[C@H](O)[C@H](O)[C@H](O)COP(=O)(O)O. The summed E-state index contributed by atoms with van der Waals surface area (Å²) in [6.07, 6.45) is -3.21. The van der Waals surface area contributed by atoms with Crippen molar-refractivity contribution < 1.29 is 34.2 Å². The summed E-state index contributed by atoms with van der Waals surface area (Å²) in [5.41, 5.74) is 4.05. The highest BCUT2D eigenvalue weighted by Crippen LogP contribution is 2.57. The smallest absolute Gasteiger partial charge is 0.388 e. The lowest BCUT2D eigenvalue weighted by molar-refractivity contribution is -0.0717. The van der Waals surface area contributed by atoms with E-state index in [1.807, 2.05) is 43.0 Å². The van der Waals surface area contributed by atoms with Crippen molar-refractivity contribution in [2.75, 3.05) is 23.0 Å². The number of hydrogen-bond acceptors (Lipinski definition) is 9. The van der Waals surface area contributed by atoms with E-state index in [0.29, 0.717) is 12.1 Å². The Labute approximate surface area is 254 Å². The summed E-state index contributed by atoms with van der Waals surface area (Å²) in [5, 5.41) is 32.0. The van der Waals surface area contributed by atoms with Crippen molar-refractivity contribution in [3.05, 3.63) is 79.5 Å². The van der Waals surface area contributed by atoms with Crippen LogP contribution in [0.3, 0.4) is 0 Å². The molecule has 2 aliphatic heterocycles. The second-order valence-electron chi connectivity index (χ2n) is 12.3. The quantitative estimate of drug-likeness (QED) is 0.162. The molecule has 13 nitrogen and oxygen atoms in total. The van der Waals surface area contributed by atoms with Crippen molar-refractivity contribution in [2.45, 2.75) is 76.7 Å².